The molecule has 0 radical (unpaired) electrons. The van der Waals surface area contributed by atoms with E-state index >= 15 is 0 Å². The molecule has 1 aromatic heterocycles. The van der Waals surface area contributed by atoms with E-state index in [1.165, 1.54) is 16.8 Å². The number of nitrogens with one attached hydrogen (secondary N) is 1. The Morgan fingerprint density at radius 2 is 1.90 bits per heavy atom. The minimum Gasteiger partial charge on any atom is -0.457 e. The zero-order chi connectivity index (χ0) is 21.8. The average Bonchev–Trinajstić information content (AvgIpc) is 3.12. The highest BCUT2D eigenvalue weighted by Gasteiger charge is 2.27. The van der Waals surface area contributed by atoms with E-state index in [9.17, 15) is 25.0 Å². The lowest BCUT2D eigenvalue weighted by atomic mass is 10.2. The second kappa shape index (κ2) is 8.39. The molecule has 0 saturated carbocycles. The third kappa shape index (κ3) is 4.41. The van der Waals surface area contributed by atoms with Gasteiger partial charge in [-0.1, -0.05) is 12.1 Å². The largest absolute Gasteiger partial charge is 0.457 e. The first-order valence-corrected chi connectivity index (χ1v) is 8.84. The predicted molar refractivity (Wildman–Crippen MR) is 107 cm³/mol. The third-order valence-corrected chi connectivity index (χ3v) is 4.12. The summed E-state index contributed by atoms with van der Waals surface area (Å²) in [5.74, 6) is -0.223. The molecule has 0 aliphatic heterocycles. The molecule has 0 spiro atoms. The van der Waals surface area contributed by atoms with Gasteiger partial charge in [0, 0.05) is 18.7 Å². The van der Waals surface area contributed by atoms with Crippen molar-refractivity contribution in [2.24, 2.45) is 0 Å². The maximum absolute atomic E-state index is 12.7. The summed E-state index contributed by atoms with van der Waals surface area (Å²) in [6, 6.07) is 10.8. The first-order valence-electron chi connectivity index (χ1n) is 8.84. The maximum Gasteiger partial charge on any atom is 0.320 e. The highest BCUT2D eigenvalue weighted by molar-refractivity contribution is 6.06. The van der Waals surface area contributed by atoms with E-state index in [4.69, 9.17) is 4.74 Å². The van der Waals surface area contributed by atoms with E-state index in [0.29, 0.717) is 5.75 Å². The number of hydrogen-bond acceptors (Lipinski definition) is 7. The van der Waals surface area contributed by atoms with Crippen molar-refractivity contribution < 1.29 is 19.4 Å². The van der Waals surface area contributed by atoms with Gasteiger partial charge in [-0.25, -0.2) is 0 Å². The first-order chi connectivity index (χ1) is 14.3. The van der Waals surface area contributed by atoms with Crippen LogP contribution >= 0.6 is 0 Å². The molecule has 1 heterocycles. The molecule has 2 aromatic carbocycles. The van der Waals surface area contributed by atoms with Gasteiger partial charge in [0.05, 0.1) is 21.6 Å². The van der Waals surface area contributed by atoms with Gasteiger partial charge in [-0.05, 0) is 31.5 Å². The van der Waals surface area contributed by atoms with Crippen LogP contribution in [0.5, 0.6) is 11.5 Å². The van der Waals surface area contributed by atoms with Crippen molar-refractivity contribution in [3.05, 3.63) is 80.1 Å². The summed E-state index contributed by atoms with van der Waals surface area (Å²) < 4.78 is 6.86. The lowest BCUT2D eigenvalue weighted by molar-refractivity contribution is -0.385. The van der Waals surface area contributed by atoms with E-state index in [2.05, 4.69) is 10.4 Å². The van der Waals surface area contributed by atoms with Crippen molar-refractivity contribution in [3.63, 3.8) is 0 Å². The smallest absolute Gasteiger partial charge is 0.320 e. The molecular formula is C19H17N5O6. The summed E-state index contributed by atoms with van der Waals surface area (Å²) in [4.78, 5) is 33.8. The Balaban J connectivity index is 1.95. The summed E-state index contributed by atoms with van der Waals surface area (Å²) in [5, 5.41) is 28.8. The van der Waals surface area contributed by atoms with Crippen molar-refractivity contribution in [2.75, 3.05) is 5.32 Å². The number of nitrogens with zero attached hydrogens (tertiary/aromatic N) is 4. The minimum absolute atomic E-state index is 0.0509. The van der Waals surface area contributed by atoms with Gasteiger partial charge in [0.15, 0.2) is 0 Å². The summed E-state index contributed by atoms with van der Waals surface area (Å²) in [6.45, 7) is 3.78. The van der Waals surface area contributed by atoms with Crippen LogP contribution < -0.4 is 10.1 Å². The van der Waals surface area contributed by atoms with Crippen molar-refractivity contribution in [2.45, 2.75) is 20.4 Å². The van der Waals surface area contributed by atoms with E-state index in [0.717, 1.165) is 17.8 Å². The Morgan fingerprint density at radius 3 is 2.53 bits per heavy atom. The molecule has 11 heteroatoms. The summed E-state index contributed by atoms with van der Waals surface area (Å²) >= 11 is 0. The third-order valence-electron chi connectivity index (χ3n) is 4.12. The highest BCUT2D eigenvalue weighted by Crippen LogP contribution is 2.30. The van der Waals surface area contributed by atoms with Gasteiger partial charge in [-0.2, -0.15) is 5.10 Å². The van der Waals surface area contributed by atoms with Crippen LogP contribution in [0, 0.1) is 27.2 Å². The minimum atomic E-state index is -0.817. The Hall–Kier alpha value is -4.28. The molecule has 1 amide bonds. The van der Waals surface area contributed by atoms with Crippen LogP contribution in [0.25, 0.3) is 0 Å². The average molecular weight is 411 g/mol. The van der Waals surface area contributed by atoms with Crippen molar-refractivity contribution >= 4 is 23.0 Å². The molecule has 154 valence electrons. The van der Waals surface area contributed by atoms with Crippen LogP contribution in [-0.4, -0.2) is 25.5 Å². The molecule has 0 bridgehead atoms. The van der Waals surface area contributed by atoms with Gasteiger partial charge >= 0.3 is 5.69 Å². The van der Waals surface area contributed by atoms with Crippen LogP contribution in [0.15, 0.2) is 48.7 Å². The number of rotatable bonds is 7. The van der Waals surface area contributed by atoms with Crippen molar-refractivity contribution in [1.82, 2.24) is 9.78 Å². The number of ether oxygens (including phenoxy) is 1. The molecule has 0 aliphatic carbocycles. The monoisotopic (exact) mass is 411 g/mol. The lowest BCUT2D eigenvalue weighted by Gasteiger charge is -2.10. The van der Waals surface area contributed by atoms with Crippen LogP contribution in [0.3, 0.4) is 0 Å². The lowest BCUT2D eigenvalue weighted by Crippen LogP contribution is -2.18. The van der Waals surface area contributed by atoms with Crippen LogP contribution in [0.4, 0.5) is 17.1 Å². The molecule has 0 fully saturated rings. The number of anilines is 1. The summed E-state index contributed by atoms with van der Waals surface area (Å²) in [7, 11) is 0. The number of aryl methyl sites for hydroxylation is 2. The molecule has 1 N–H and O–H groups in total. The summed E-state index contributed by atoms with van der Waals surface area (Å²) in [6.07, 6.45) is 0.984. The molecule has 30 heavy (non-hydrogen) atoms. The van der Waals surface area contributed by atoms with Crippen LogP contribution in [0.2, 0.25) is 0 Å². The molecule has 0 aliphatic rings. The number of non-ortho nitro benzene ring substituents is 1. The second-order valence-electron chi connectivity index (χ2n) is 6.30. The van der Waals surface area contributed by atoms with Crippen molar-refractivity contribution in [1.29, 1.82) is 0 Å². The topological polar surface area (TPSA) is 142 Å². The van der Waals surface area contributed by atoms with Gasteiger partial charge in [0.2, 0.25) is 5.69 Å². The molecule has 3 aromatic rings. The number of nitro groups is 2. The number of amides is 1. The Bertz CT molecular complexity index is 1140. The Morgan fingerprint density at radius 1 is 1.13 bits per heavy atom. The first kappa shape index (κ1) is 20.5. The van der Waals surface area contributed by atoms with Gasteiger partial charge in [-0.3, -0.25) is 29.7 Å². The van der Waals surface area contributed by atoms with Gasteiger partial charge in [0.25, 0.3) is 11.6 Å². The van der Waals surface area contributed by atoms with E-state index < -0.39 is 21.4 Å². The molecule has 11 nitrogen and oxygen atoms in total. The number of carbonyl (C=O) groups is 1. The Kier molecular flexibility index (Phi) is 5.72. The quantitative estimate of drug-likeness (QED) is 0.456. The number of nitro benzene ring substituents is 1. The number of benzene rings is 2. The van der Waals surface area contributed by atoms with Gasteiger partial charge < -0.3 is 10.1 Å². The maximum atomic E-state index is 12.7. The number of aromatic nitrogens is 2. The second-order valence-corrected chi connectivity index (χ2v) is 6.30. The SMILES string of the molecule is CCn1ncc([N+](=O)[O-])c1C(=O)Nc1cc(Oc2cccc(C)c2)cc([N+](=O)[O-])c1. The van der Waals surface area contributed by atoms with Gasteiger partial charge in [-0.15, -0.1) is 0 Å². The molecular weight excluding hydrogens is 394 g/mol. The fraction of sp³-hybridized carbons (Fsp3) is 0.158. The number of carbonyl (C=O) groups excluding carboxylic acids is 1. The normalized spacial score (nSPS) is 10.5. The molecule has 0 saturated heterocycles. The Labute approximate surface area is 170 Å². The zero-order valence-corrected chi connectivity index (χ0v) is 16.1. The highest BCUT2D eigenvalue weighted by atomic mass is 16.6. The standard InChI is InChI=1S/C19H17N5O6/c1-3-22-18(17(11-20-22)24(28)29)19(25)21-13-8-14(23(26)27)10-16(9-13)30-15-6-4-5-12(2)7-15/h4-11H,3H2,1-2H3,(H,21,25). The summed E-state index contributed by atoms with van der Waals surface area (Å²) in [5.41, 5.74) is -0.0401. The fourth-order valence-corrected chi connectivity index (χ4v) is 2.81. The molecule has 3 rings (SSSR count). The van der Waals surface area contributed by atoms with Crippen LogP contribution in [-0.2, 0) is 6.54 Å². The van der Waals surface area contributed by atoms with Crippen molar-refractivity contribution in [3.8, 4) is 11.5 Å². The van der Waals surface area contributed by atoms with Gasteiger partial charge in [0.1, 0.15) is 17.7 Å². The van der Waals surface area contributed by atoms with E-state index in [1.54, 1.807) is 25.1 Å². The molecule has 0 unspecified atom stereocenters. The van der Waals surface area contributed by atoms with E-state index in [1.807, 2.05) is 13.0 Å². The fourth-order valence-electron chi connectivity index (χ4n) is 2.81. The number of hydrogen-bond donors (Lipinski definition) is 1. The van der Waals surface area contributed by atoms with Crippen LogP contribution in [0.1, 0.15) is 23.0 Å². The van der Waals surface area contributed by atoms with E-state index in [-0.39, 0.29) is 29.4 Å². The molecule has 0 atom stereocenters. The zero-order valence-electron chi connectivity index (χ0n) is 16.1. The predicted octanol–water partition coefficient (Wildman–Crippen LogP) is 4.07.